The molecule has 0 bridgehead atoms. The van der Waals surface area contributed by atoms with Gasteiger partial charge in [0, 0.05) is 108 Å². The number of aliphatic imine (C=N–C) groups is 1. The third kappa shape index (κ3) is 28.0. The predicted octanol–water partition coefficient (Wildman–Crippen LogP) is 1.25. The number of nitrogens with one attached hydrogen (secondary N) is 3. The highest BCUT2D eigenvalue weighted by Gasteiger charge is 2.27. The summed E-state index contributed by atoms with van der Waals surface area (Å²) >= 11 is 0. The zero-order chi connectivity index (χ0) is 75.1. The third-order valence-electron chi connectivity index (χ3n) is 16.0. The summed E-state index contributed by atoms with van der Waals surface area (Å²) in [4.78, 5) is 107. The molecular formula is C70H102N16O19. The van der Waals surface area contributed by atoms with Crippen molar-refractivity contribution in [1.29, 1.82) is 0 Å². The molecule has 2 aromatic carbocycles. The molecular weight excluding hydrogens is 1370 g/mol. The summed E-state index contributed by atoms with van der Waals surface area (Å²) in [5.74, 6) is -2.93. The quantitative estimate of drug-likeness (QED) is 0.0138. The van der Waals surface area contributed by atoms with Gasteiger partial charge in [-0.2, -0.15) is 5.10 Å². The maximum Gasteiger partial charge on any atom is 0.276 e. The highest BCUT2D eigenvalue weighted by molar-refractivity contribution is 6.47. The first-order valence-corrected chi connectivity index (χ1v) is 35.1. The Bertz CT molecular complexity index is 3730. The molecule has 35 heteroatoms. The average Bonchev–Trinajstić information content (AvgIpc) is 1.64. The number of ether oxygens (including phenoxy) is 12. The fraction of sp³-hybridized carbons (Fsp3) is 0.557. The highest BCUT2D eigenvalue weighted by atomic mass is 16.6. The number of imidazole rings is 2. The van der Waals surface area contributed by atoms with E-state index in [1.165, 1.54) is 25.3 Å². The molecule has 35 nitrogen and oxygen atoms in total. The van der Waals surface area contributed by atoms with Crippen molar-refractivity contribution in [2.45, 2.75) is 46.7 Å². The number of aryl methyl sites for hydroxylation is 2. The monoisotopic (exact) mass is 1470 g/mol. The number of amides is 7. The average molecular weight is 1470 g/mol. The van der Waals surface area contributed by atoms with E-state index in [-0.39, 0.29) is 68.1 Å². The Kier molecular flexibility index (Phi) is 36.4. The molecule has 0 spiro atoms. The number of rotatable bonds is 54. The van der Waals surface area contributed by atoms with E-state index in [4.69, 9.17) is 84.0 Å². The van der Waals surface area contributed by atoms with Crippen molar-refractivity contribution >= 4 is 81.0 Å². The molecule has 7 amide bonds. The van der Waals surface area contributed by atoms with Crippen LogP contribution in [-0.2, 0) is 93.1 Å². The lowest BCUT2D eigenvalue weighted by atomic mass is 10.1. The number of carbonyl (C=O) groups is 7. The topological polar surface area (TPSA) is 420 Å². The van der Waals surface area contributed by atoms with Gasteiger partial charge < -0.3 is 93.4 Å². The van der Waals surface area contributed by atoms with Crippen LogP contribution in [0.2, 0.25) is 0 Å². The zero-order valence-electron chi connectivity index (χ0n) is 60.8. The molecule has 0 aliphatic carbocycles. The fourth-order valence-electron chi connectivity index (χ4n) is 10.8. The number of primary amides is 2. The number of anilines is 2. The Labute approximate surface area is 609 Å². The van der Waals surface area contributed by atoms with Crippen LogP contribution in [0.5, 0.6) is 11.5 Å². The van der Waals surface area contributed by atoms with Crippen LogP contribution in [0.1, 0.15) is 64.0 Å². The molecule has 7 rings (SSSR count). The summed E-state index contributed by atoms with van der Waals surface area (Å²) in [7, 11) is 3.19. The number of fused-ring (bicyclic) bond motifs is 2. The molecule has 5 heterocycles. The maximum absolute atomic E-state index is 13.9. The van der Waals surface area contributed by atoms with Gasteiger partial charge in [0.1, 0.15) is 34.8 Å². The van der Waals surface area contributed by atoms with Gasteiger partial charge in [0.15, 0.2) is 0 Å². The van der Waals surface area contributed by atoms with E-state index >= 15 is 0 Å². The van der Waals surface area contributed by atoms with Crippen molar-refractivity contribution in [3.05, 3.63) is 88.9 Å². The second kappa shape index (κ2) is 46.0. The molecule has 0 radical (unpaired) electrons. The molecule has 3 aromatic heterocycles. The van der Waals surface area contributed by atoms with Crippen molar-refractivity contribution in [3.63, 3.8) is 0 Å². The molecule has 1 saturated heterocycles. The van der Waals surface area contributed by atoms with Gasteiger partial charge in [0.2, 0.25) is 29.6 Å². The van der Waals surface area contributed by atoms with Gasteiger partial charge in [0.25, 0.3) is 23.6 Å². The summed E-state index contributed by atoms with van der Waals surface area (Å²) in [5, 5.41) is 12.9. The summed E-state index contributed by atoms with van der Waals surface area (Å²) in [6, 6.07) is 6.16. The molecule has 2 aliphatic heterocycles. The molecule has 2 aliphatic rings. The molecule has 0 saturated carbocycles. The van der Waals surface area contributed by atoms with Crippen LogP contribution in [0, 0.1) is 0 Å². The van der Waals surface area contributed by atoms with Gasteiger partial charge in [-0.05, 0) is 57.0 Å². The molecule has 1 fully saturated rings. The van der Waals surface area contributed by atoms with E-state index in [1.807, 2.05) is 19.1 Å². The number of nitrogens with zero attached hydrogens (tertiary/aromatic N) is 10. The first-order chi connectivity index (χ1) is 51.0. The van der Waals surface area contributed by atoms with Gasteiger partial charge in [0.05, 0.1) is 168 Å². The van der Waals surface area contributed by atoms with E-state index in [2.05, 4.69) is 35.8 Å². The maximum atomic E-state index is 13.9. The third-order valence-corrected chi connectivity index (χ3v) is 16.0. The normalized spacial score (nSPS) is 13.9. The lowest BCUT2D eigenvalue weighted by Gasteiger charge is -2.34. The summed E-state index contributed by atoms with van der Waals surface area (Å²) in [5.41, 5.74) is 21.0. The molecule has 9 N–H and O–H groups in total. The van der Waals surface area contributed by atoms with Crippen molar-refractivity contribution in [2.24, 2.45) is 29.2 Å². The summed E-state index contributed by atoms with van der Waals surface area (Å²) in [6.45, 7) is 19.7. The van der Waals surface area contributed by atoms with Crippen molar-refractivity contribution < 1.29 is 90.4 Å². The van der Waals surface area contributed by atoms with Crippen LogP contribution in [0.4, 0.5) is 11.9 Å². The second-order valence-corrected chi connectivity index (χ2v) is 23.8. The molecule has 0 unspecified atom stereocenters. The molecule has 576 valence electrons. The van der Waals surface area contributed by atoms with Gasteiger partial charge >= 0.3 is 0 Å². The standard InChI is InChI=1S/C70H102N16O19/c1-6-54-53(48-81(4)80-54)67(92)78-69-76-55-44-51(65(72)90)46-58(94-5)63(55)84(69)15-8-9-16-85-64-56(77-70(85)79-68(93)57(74-7-2)43-50(3)71)45-52(66(73)91)47-59(64)105-22-10-14-82-17-19-83(20-18-82)21-24-96-26-28-98-30-32-100-34-36-102-38-40-104-42-41-103-39-37-101-35-33-99-31-29-97-27-25-95-23-13-75-60(87)49-86-61(88)11-12-62(86)89/h8-9,11-12,43-48H,6-7,10,13-42,49,71H2,1-5H3,(H2,72,90)(H2,73,91)(H,75,87)(H,76,78,92)(H,77,79,93)/b9-8+,50-43?,74-57?. The lowest BCUT2D eigenvalue weighted by Crippen LogP contribution is -2.47. The van der Waals surface area contributed by atoms with E-state index in [9.17, 15) is 33.6 Å². The van der Waals surface area contributed by atoms with Crippen LogP contribution in [0.15, 0.2) is 71.5 Å². The van der Waals surface area contributed by atoms with Gasteiger partial charge in [-0.15, -0.1) is 0 Å². The first kappa shape index (κ1) is 83.2. The number of aromatic nitrogens is 6. The minimum Gasteiger partial charge on any atom is -0.494 e. The van der Waals surface area contributed by atoms with Crippen LogP contribution in [0.3, 0.4) is 0 Å². The van der Waals surface area contributed by atoms with Crippen molar-refractivity contribution in [2.75, 3.05) is 215 Å². The highest BCUT2D eigenvalue weighted by Crippen LogP contribution is 2.33. The molecule has 105 heavy (non-hydrogen) atoms. The number of hydrogen-bond donors (Lipinski definition) is 6. The number of hydrogen-bond acceptors (Lipinski definition) is 26. The number of nitrogens with two attached hydrogens (primary N) is 3. The second-order valence-electron chi connectivity index (χ2n) is 23.8. The van der Waals surface area contributed by atoms with Gasteiger partial charge in [-0.25, -0.2) is 9.97 Å². The summed E-state index contributed by atoms with van der Waals surface area (Å²) in [6.07, 6.45) is 10.2. The number of imide groups is 1. The Morgan fingerprint density at radius 1 is 0.581 bits per heavy atom. The van der Waals surface area contributed by atoms with Crippen LogP contribution in [0.25, 0.3) is 22.1 Å². The van der Waals surface area contributed by atoms with E-state index < -0.39 is 41.4 Å². The fourth-order valence-corrected chi connectivity index (χ4v) is 10.8. The molecule has 5 aromatic rings. The van der Waals surface area contributed by atoms with Crippen LogP contribution >= 0.6 is 0 Å². The van der Waals surface area contributed by atoms with Crippen molar-refractivity contribution in [3.8, 4) is 11.5 Å². The number of allylic oxidation sites excluding steroid dienone is 3. The van der Waals surface area contributed by atoms with Gasteiger partial charge in [-0.3, -0.25) is 63.7 Å². The Balaban J connectivity index is 0.732. The minimum atomic E-state index is -0.693. The minimum absolute atomic E-state index is 0.0845. The lowest BCUT2D eigenvalue weighted by molar-refractivity contribution is -0.141. The zero-order valence-corrected chi connectivity index (χ0v) is 60.8. The predicted molar refractivity (Wildman–Crippen MR) is 387 cm³/mol. The Morgan fingerprint density at radius 3 is 1.49 bits per heavy atom. The molecule has 0 atom stereocenters. The van der Waals surface area contributed by atoms with E-state index in [0.29, 0.717) is 195 Å². The van der Waals surface area contributed by atoms with Gasteiger partial charge in [-0.1, -0.05) is 19.1 Å². The van der Waals surface area contributed by atoms with Crippen molar-refractivity contribution in [1.82, 2.24) is 48.9 Å². The number of piperazine rings is 1. The first-order valence-electron chi connectivity index (χ1n) is 35.1. The summed E-state index contributed by atoms with van der Waals surface area (Å²) < 4.78 is 73.0. The number of carbonyl (C=O) groups excluding carboxylic acids is 7. The van der Waals surface area contributed by atoms with E-state index in [1.54, 1.807) is 53.0 Å². The number of methoxy groups -OCH3 is 1. The van der Waals surface area contributed by atoms with Crippen LogP contribution < -0.4 is 42.6 Å². The van der Waals surface area contributed by atoms with E-state index in [0.717, 1.165) is 56.3 Å². The van der Waals surface area contributed by atoms with Crippen LogP contribution in [-0.4, -0.2) is 295 Å². The Hall–Kier alpha value is -9.11. The largest absolute Gasteiger partial charge is 0.494 e. The number of benzene rings is 2. The SMILES string of the molecule is CCN=C(C=C(C)N)C(=O)Nc1nc2cc(C(N)=O)cc(OCCCN3CCN(CCOCCOCCOCCOCCOCCOCCOCCOCCOCCOCCNC(=O)CN4C(=O)C=CC4=O)CC3)c2n1C/C=C/Cn1c(NC(=O)c2cn(C)nc2CC)nc2cc(C(N)=O)cc(OC)c21. The Morgan fingerprint density at radius 2 is 1.03 bits per heavy atom. The smallest absolute Gasteiger partial charge is 0.276 e.